The molecule has 4 fully saturated rings. The molecule has 0 aromatic heterocycles. The summed E-state index contributed by atoms with van der Waals surface area (Å²) in [5.74, 6) is 3.22. The van der Waals surface area contributed by atoms with Gasteiger partial charge in [0.15, 0.2) is 0 Å². The molecular weight excluding hydrogens is 348 g/mol. The van der Waals surface area contributed by atoms with E-state index in [1.54, 1.807) is 0 Å². The van der Waals surface area contributed by atoms with Gasteiger partial charge in [0, 0.05) is 17.3 Å². The summed E-state index contributed by atoms with van der Waals surface area (Å²) in [6.45, 7) is 0.518. The van der Waals surface area contributed by atoms with Gasteiger partial charge in [-0.2, -0.15) is 0 Å². The number of benzene rings is 2. The van der Waals surface area contributed by atoms with Crippen LogP contribution in [0.4, 0.5) is 10.5 Å². The Balaban J connectivity index is 1.20. The molecule has 2 amide bonds. The Morgan fingerprint density at radius 3 is 2.29 bits per heavy atom. The summed E-state index contributed by atoms with van der Waals surface area (Å²) in [4.78, 5) is 12.7. The smallest absolute Gasteiger partial charge is 0.319 e. The lowest BCUT2D eigenvalue weighted by atomic mass is 9.53. The number of urea groups is 1. The summed E-state index contributed by atoms with van der Waals surface area (Å²) >= 11 is 0. The van der Waals surface area contributed by atoms with E-state index in [2.05, 4.69) is 10.6 Å². The second-order valence-corrected chi connectivity index (χ2v) is 9.08. The quantitative estimate of drug-likeness (QED) is 0.738. The average Bonchev–Trinajstić information content (AvgIpc) is 2.66. The first-order valence-electron chi connectivity index (χ1n) is 10.5. The second-order valence-electron chi connectivity index (χ2n) is 9.08. The molecule has 146 valence electrons. The molecule has 4 nitrogen and oxygen atoms in total. The minimum absolute atomic E-state index is 0.0280. The summed E-state index contributed by atoms with van der Waals surface area (Å²) in [5, 5.41) is 6.38. The molecule has 2 aromatic rings. The maximum atomic E-state index is 12.7. The van der Waals surface area contributed by atoms with Crippen molar-refractivity contribution in [3.63, 3.8) is 0 Å². The maximum Gasteiger partial charge on any atom is 0.319 e. The Morgan fingerprint density at radius 2 is 1.61 bits per heavy atom. The first-order valence-corrected chi connectivity index (χ1v) is 10.5. The van der Waals surface area contributed by atoms with E-state index >= 15 is 0 Å². The molecule has 4 aliphatic carbocycles. The summed E-state index contributed by atoms with van der Waals surface area (Å²) in [6, 6.07) is 17.7. The standard InChI is InChI=1S/C24H28N2O2/c27-23(26-24-13-18-9-19(14-24)11-20(10-18)15-24)25-21-7-4-8-22(12-21)28-16-17-5-2-1-3-6-17/h1-8,12,18-20H,9-11,13-16H2,(H2,25,26,27). The summed E-state index contributed by atoms with van der Waals surface area (Å²) in [6.07, 6.45) is 7.61. The molecule has 0 unspecified atom stereocenters. The van der Waals surface area contributed by atoms with E-state index in [9.17, 15) is 4.79 Å². The van der Waals surface area contributed by atoms with Crippen molar-refractivity contribution in [3.8, 4) is 5.75 Å². The van der Waals surface area contributed by atoms with Crippen molar-refractivity contribution in [2.45, 2.75) is 50.7 Å². The number of hydrogen-bond donors (Lipinski definition) is 2. The Hall–Kier alpha value is -2.49. The third kappa shape index (κ3) is 3.73. The zero-order valence-electron chi connectivity index (χ0n) is 16.2. The van der Waals surface area contributed by atoms with Crippen LogP contribution in [0.15, 0.2) is 54.6 Å². The van der Waals surface area contributed by atoms with Gasteiger partial charge in [0.05, 0.1) is 0 Å². The zero-order chi connectivity index (χ0) is 19.0. The van der Waals surface area contributed by atoms with Gasteiger partial charge < -0.3 is 15.4 Å². The van der Waals surface area contributed by atoms with Crippen molar-refractivity contribution < 1.29 is 9.53 Å². The summed E-state index contributed by atoms with van der Waals surface area (Å²) in [5.41, 5.74) is 1.92. The molecule has 0 radical (unpaired) electrons. The molecule has 0 saturated heterocycles. The molecule has 0 atom stereocenters. The van der Waals surface area contributed by atoms with Gasteiger partial charge in [0.2, 0.25) is 0 Å². The van der Waals surface area contributed by atoms with E-state index in [4.69, 9.17) is 4.74 Å². The van der Waals surface area contributed by atoms with Crippen molar-refractivity contribution in [2.24, 2.45) is 17.8 Å². The van der Waals surface area contributed by atoms with Crippen LogP contribution in [0.3, 0.4) is 0 Å². The summed E-state index contributed by atoms with van der Waals surface area (Å²) < 4.78 is 5.88. The van der Waals surface area contributed by atoms with E-state index in [0.717, 1.165) is 54.0 Å². The average molecular weight is 377 g/mol. The normalized spacial score (nSPS) is 30.1. The third-order valence-corrected chi connectivity index (χ3v) is 6.76. The van der Waals surface area contributed by atoms with E-state index in [1.165, 1.54) is 19.3 Å². The highest BCUT2D eigenvalue weighted by molar-refractivity contribution is 5.90. The van der Waals surface area contributed by atoms with Crippen molar-refractivity contribution in [3.05, 3.63) is 60.2 Å². The SMILES string of the molecule is O=C(Nc1cccc(OCc2ccccc2)c1)NC12CC3CC(CC(C3)C1)C2. The molecule has 0 heterocycles. The van der Waals surface area contributed by atoms with Crippen LogP contribution in [0.2, 0.25) is 0 Å². The third-order valence-electron chi connectivity index (χ3n) is 6.76. The Morgan fingerprint density at radius 1 is 0.929 bits per heavy atom. The molecule has 4 aliphatic rings. The van der Waals surface area contributed by atoms with Crippen LogP contribution in [0.25, 0.3) is 0 Å². The largest absolute Gasteiger partial charge is 0.489 e. The van der Waals surface area contributed by atoms with Crippen molar-refractivity contribution in [2.75, 3.05) is 5.32 Å². The highest BCUT2D eigenvalue weighted by Gasteiger charge is 2.51. The van der Waals surface area contributed by atoms with Gasteiger partial charge in [0.25, 0.3) is 0 Å². The van der Waals surface area contributed by atoms with Crippen molar-refractivity contribution >= 4 is 11.7 Å². The Bertz CT molecular complexity index is 813. The monoisotopic (exact) mass is 376 g/mol. The molecule has 4 bridgehead atoms. The molecule has 6 rings (SSSR count). The minimum atomic E-state index is -0.0813. The lowest BCUT2D eigenvalue weighted by Crippen LogP contribution is -2.60. The second kappa shape index (κ2) is 7.16. The number of anilines is 1. The molecule has 2 aromatic carbocycles. The van der Waals surface area contributed by atoms with Gasteiger partial charge in [-0.1, -0.05) is 36.4 Å². The minimum Gasteiger partial charge on any atom is -0.489 e. The Labute approximate surface area is 166 Å². The molecule has 4 heteroatoms. The van der Waals surface area contributed by atoms with Gasteiger partial charge in [0.1, 0.15) is 12.4 Å². The first kappa shape index (κ1) is 17.6. The van der Waals surface area contributed by atoms with Crippen LogP contribution in [-0.4, -0.2) is 11.6 Å². The summed E-state index contributed by atoms with van der Waals surface area (Å²) in [7, 11) is 0. The van der Waals surface area contributed by atoms with Crippen LogP contribution in [0.1, 0.15) is 44.1 Å². The predicted octanol–water partition coefficient (Wildman–Crippen LogP) is 5.36. The van der Waals surface area contributed by atoms with Crippen molar-refractivity contribution in [1.29, 1.82) is 0 Å². The molecular formula is C24H28N2O2. The molecule has 0 aliphatic heterocycles. The number of ether oxygens (including phenoxy) is 1. The van der Waals surface area contributed by atoms with E-state index in [0.29, 0.717) is 6.61 Å². The molecule has 28 heavy (non-hydrogen) atoms. The number of carbonyl (C=O) groups is 1. The fourth-order valence-corrected chi connectivity index (χ4v) is 6.07. The van der Waals surface area contributed by atoms with E-state index < -0.39 is 0 Å². The van der Waals surface area contributed by atoms with Gasteiger partial charge in [-0.15, -0.1) is 0 Å². The molecule has 0 spiro atoms. The lowest BCUT2D eigenvalue weighted by Gasteiger charge is -2.56. The number of rotatable bonds is 5. The lowest BCUT2D eigenvalue weighted by molar-refractivity contribution is -0.0127. The van der Waals surface area contributed by atoms with Crippen LogP contribution < -0.4 is 15.4 Å². The van der Waals surface area contributed by atoms with Crippen LogP contribution in [-0.2, 0) is 6.61 Å². The number of hydrogen-bond acceptors (Lipinski definition) is 2. The van der Waals surface area contributed by atoms with E-state index in [-0.39, 0.29) is 11.6 Å². The maximum absolute atomic E-state index is 12.7. The first-order chi connectivity index (χ1) is 13.7. The topological polar surface area (TPSA) is 50.4 Å². The highest BCUT2D eigenvalue weighted by Crippen LogP contribution is 2.55. The van der Waals surface area contributed by atoms with Gasteiger partial charge in [-0.05, 0) is 74.0 Å². The molecule has 4 saturated carbocycles. The predicted molar refractivity (Wildman–Crippen MR) is 110 cm³/mol. The fraction of sp³-hybridized carbons (Fsp3) is 0.458. The van der Waals surface area contributed by atoms with Gasteiger partial charge in [-0.25, -0.2) is 4.79 Å². The number of carbonyl (C=O) groups excluding carboxylic acids is 1. The van der Waals surface area contributed by atoms with Gasteiger partial charge in [-0.3, -0.25) is 0 Å². The van der Waals surface area contributed by atoms with Crippen LogP contribution in [0, 0.1) is 17.8 Å². The van der Waals surface area contributed by atoms with Crippen LogP contribution in [0.5, 0.6) is 5.75 Å². The van der Waals surface area contributed by atoms with Gasteiger partial charge >= 0.3 is 6.03 Å². The highest BCUT2D eigenvalue weighted by atomic mass is 16.5. The molecule has 2 N–H and O–H groups in total. The number of nitrogens with one attached hydrogen (secondary N) is 2. The Kier molecular flexibility index (Phi) is 4.50. The fourth-order valence-electron chi connectivity index (χ4n) is 6.07. The van der Waals surface area contributed by atoms with Crippen LogP contribution >= 0.6 is 0 Å². The van der Waals surface area contributed by atoms with E-state index in [1.807, 2.05) is 54.6 Å². The zero-order valence-corrected chi connectivity index (χ0v) is 16.2. The number of amides is 2. The van der Waals surface area contributed by atoms with Crippen molar-refractivity contribution in [1.82, 2.24) is 5.32 Å².